The molecule has 0 aromatic carbocycles. The molecular weight excluding hydrogens is 260 g/mol. The predicted octanol–water partition coefficient (Wildman–Crippen LogP) is 0.0663. The second-order valence-corrected chi connectivity index (χ2v) is 4.77. The van der Waals surface area contributed by atoms with E-state index in [2.05, 4.69) is 15.7 Å². The summed E-state index contributed by atoms with van der Waals surface area (Å²) in [7, 11) is 1.57. The molecule has 1 aliphatic rings. The van der Waals surface area contributed by atoms with Gasteiger partial charge < -0.3 is 15.4 Å². The van der Waals surface area contributed by atoms with Crippen molar-refractivity contribution in [1.29, 1.82) is 0 Å². The van der Waals surface area contributed by atoms with Crippen LogP contribution in [0.5, 0.6) is 0 Å². The van der Waals surface area contributed by atoms with Crippen LogP contribution in [-0.2, 0) is 11.3 Å². The van der Waals surface area contributed by atoms with Gasteiger partial charge >= 0.3 is 6.03 Å². The standard InChI is InChI=1S/C13H20N4O3/c1-20-9-7-15-13(19)14-6-8-17-12(18)5-4-11(16-17)10-2-3-10/h4-5,10H,2-3,6-9H2,1H3,(H2,14,15,19). The van der Waals surface area contributed by atoms with E-state index in [0.717, 1.165) is 18.5 Å². The molecule has 2 N–H and O–H groups in total. The molecule has 2 rings (SSSR count). The molecule has 0 aliphatic heterocycles. The van der Waals surface area contributed by atoms with Gasteiger partial charge in [0.2, 0.25) is 0 Å². The van der Waals surface area contributed by atoms with Crippen molar-refractivity contribution in [3.8, 4) is 0 Å². The van der Waals surface area contributed by atoms with Crippen LogP contribution >= 0.6 is 0 Å². The monoisotopic (exact) mass is 280 g/mol. The number of amides is 2. The van der Waals surface area contributed by atoms with E-state index >= 15 is 0 Å². The number of aromatic nitrogens is 2. The third-order valence-corrected chi connectivity index (χ3v) is 3.08. The first-order chi connectivity index (χ1) is 9.70. The van der Waals surface area contributed by atoms with Gasteiger partial charge in [-0.05, 0) is 18.9 Å². The van der Waals surface area contributed by atoms with Crippen LogP contribution in [0.1, 0.15) is 24.5 Å². The first-order valence-electron chi connectivity index (χ1n) is 6.79. The lowest BCUT2D eigenvalue weighted by Gasteiger charge is -2.09. The molecule has 0 bridgehead atoms. The summed E-state index contributed by atoms with van der Waals surface area (Å²) in [4.78, 5) is 23.0. The van der Waals surface area contributed by atoms with Gasteiger partial charge in [-0.15, -0.1) is 0 Å². The van der Waals surface area contributed by atoms with Crippen molar-refractivity contribution in [2.24, 2.45) is 0 Å². The summed E-state index contributed by atoms with van der Waals surface area (Å²) >= 11 is 0. The molecule has 0 radical (unpaired) electrons. The van der Waals surface area contributed by atoms with Crippen molar-refractivity contribution in [1.82, 2.24) is 20.4 Å². The molecule has 2 amide bonds. The summed E-state index contributed by atoms with van der Waals surface area (Å²) in [5.41, 5.74) is 0.824. The van der Waals surface area contributed by atoms with E-state index in [1.165, 1.54) is 4.68 Å². The number of hydrogen-bond acceptors (Lipinski definition) is 4. The maximum Gasteiger partial charge on any atom is 0.314 e. The van der Waals surface area contributed by atoms with Crippen molar-refractivity contribution in [2.45, 2.75) is 25.3 Å². The third-order valence-electron chi connectivity index (χ3n) is 3.08. The van der Waals surface area contributed by atoms with Crippen molar-refractivity contribution in [3.05, 3.63) is 28.2 Å². The number of nitrogens with zero attached hydrogens (tertiary/aromatic N) is 2. The number of carbonyl (C=O) groups is 1. The van der Waals surface area contributed by atoms with E-state index in [-0.39, 0.29) is 11.6 Å². The highest BCUT2D eigenvalue weighted by atomic mass is 16.5. The zero-order chi connectivity index (χ0) is 14.4. The van der Waals surface area contributed by atoms with Crippen LogP contribution in [0.3, 0.4) is 0 Å². The average Bonchev–Trinajstić information content (AvgIpc) is 3.26. The Balaban J connectivity index is 1.77. The van der Waals surface area contributed by atoms with Crippen LogP contribution in [-0.4, -0.2) is 42.6 Å². The van der Waals surface area contributed by atoms with Gasteiger partial charge in [-0.2, -0.15) is 5.10 Å². The number of carbonyl (C=O) groups excluding carboxylic acids is 1. The molecule has 0 atom stereocenters. The van der Waals surface area contributed by atoms with Gasteiger partial charge in [0.15, 0.2) is 0 Å². The Labute approximate surface area is 117 Å². The highest BCUT2D eigenvalue weighted by Gasteiger charge is 2.25. The minimum Gasteiger partial charge on any atom is -0.383 e. The summed E-state index contributed by atoms with van der Waals surface area (Å²) in [6.07, 6.45) is 2.29. The molecule has 1 aromatic rings. The molecule has 1 saturated carbocycles. The molecule has 0 spiro atoms. The molecule has 110 valence electrons. The van der Waals surface area contributed by atoms with Crippen LogP contribution in [0, 0.1) is 0 Å². The number of ether oxygens (including phenoxy) is 1. The highest BCUT2D eigenvalue weighted by molar-refractivity contribution is 5.73. The Hall–Kier alpha value is -1.89. The smallest absolute Gasteiger partial charge is 0.314 e. The van der Waals surface area contributed by atoms with Crippen molar-refractivity contribution in [2.75, 3.05) is 26.8 Å². The minimum atomic E-state index is -0.270. The first-order valence-corrected chi connectivity index (χ1v) is 6.79. The van der Waals surface area contributed by atoms with Crippen molar-refractivity contribution < 1.29 is 9.53 Å². The van der Waals surface area contributed by atoms with Gasteiger partial charge in [0, 0.05) is 32.2 Å². The van der Waals surface area contributed by atoms with Crippen LogP contribution in [0.15, 0.2) is 16.9 Å². The van der Waals surface area contributed by atoms with Gasteiger partial charge in [-0.25, -0.2) is 9.48 Å². The molecule has 0 unspecified atom stereocenters. The lowest BCUT2D eigenvalue weighted by molar-refractivity contribution is 0.195. The zero-order valence-corrected chi connectivity index (χ0v) is 11.6. The van der Waals surface area contributed by atoms with E-state index in [9.17, 15) is 9.59 Å². The summed E-state index contributed by atoms with van der Waals surface area (Å²) in [6, 6.07) is 3.06. The fraction of sp³-hybridized carbons (Fsp3) is 0.615. The number of urea groups is 1. The molecule has 1 aliphatic carbocycles. The SMILES string of the molecule is COCCNC(=O)NCCn1nc(C2CC2)ccc1=O. The van der Waals surface area contributed by atoms with Gasteiger partial charge in [0.25, 0.3) is 5.56 Å². The molecule has 7 heteroatoms. The number of methoxy groups -OCH3 is 1. The van der Waals surface area contributed by atoms with Gasteiger partial charge in [0.05, 0.1) is 18.8 Å². The van der Waals surface area contributed by atoms with Crippen LogP contribution < -0.4 is 16.2 Å². The maximum atomic E-state index is 11.7. The normalized spacial score (nSPS) is 14.1. The van der Waals surface area contributed by atoms with Gasteiger partial charge in [0.1, 0.15) is 0 Å². The fourth-order valence-electron chi connectivity index (χ4n) is 1.83. The van der Waals surface area contributed by atoms with E-state index in [4.69, 9.17) is 4.74 Å². The van der Waals surface area contributed by atoms with Crippen molar-refractivity contribution >= 4 is 6.03 Å². The van der Waals surface area contributed by atoms with Crippen molar-refractivity contribution in [3.63, 3.8) is 0 Å². The lowest BCUT2D eigenvalue weighted by atomic mass is 10.3. The number of nitrogens with one attached hydrogen (secondary N) is 2. The molecule has 20 heavy (non-hydrogen) atoms. The van der Waals surface area contributed by atoms with Crippen LogP contribution in [0.4, 0.5) is 4.79 Å². The molecule has 0 saturated heterocycles. The quantitative estimate of drug-likeness (QED) is 0.692. The summed E-state index contributed by atoms with van der Waals surface area (Å²) < 4.78 is 6.23. The Morgan fingerprint density at radius 2 is 2.15 bits per heavy atom. The summed E-state index contributed by atoms with van der Waals surface area (Å²) in [6.45, 7) is 1.66. The molecule has 1 heterocycles. The van der Waals surface area contributed by atoms with Crippen LogP contribution in [0.25, 0.3) is 0 Å². The second kappa shape index (κ2) is 7.04. The molecule has 1 fully saturated rings. The predicted molar refractivity (Wildman–Crippen MR) is 73.7 cm³/mol. The fourth-order valence-corrected chi connectivity index (χ4v) is 1.83. The zero-order valence-electron chi connectivity index (χ0n) is 11.6. The van der Waals surface area contributed by atoms with Gasteiger partial charge in [-0.3, -0.25) is 4.79 Å². The van der Waals surface area contributed by atoms with E-state index < -0.39 is 0 Å². The van der Waals surface area contributed by atoms with E-state index in [1.54, 1.807) is 19.2 Å². The topological polar surface area (TPSA) is 85.2 Å². The molecular formula is C13H20N4O3. The Kier molecular flexibility index (Phi) is 5.11. The summed E-state index contributed by atoms with van der Waals surface area (Å²) in [5, 5.41) is 9.64. The number of rotatable bonds is 7. The Morgan fingerprint density at radius 3 is 2.85 bits per heavy atom. The Morgan fingerprint density at radius 1 is 1.40 bits per heavy atom. The maximum absolute atomic E-state index is 11.7. The third kappa shape index (κ3) is 4.34. The average molecular weight is 280 g/mol. The van der Waals surface area contributed by atoms with E-state index in [1.807, 2.05) is 0 Å². The molecule has 7 nitrogen and oxygen atoms in total. The Bertz CT molecular complexity index is 511. The highest BCUT2D eigenvalue weighted by Crippen LogP contribution is 2.38. The minimum absolute atomic E-state index is 0.143. The first kappa shape index (κ1) is 14.5. The lowest BCUT2D eigenvalue weighted by Crippen LogP contribution is -2.39. The number of hydrogen-bond donors (Lipinski definition) is 2. The summed E-state index contributed by atoms with van der Waals surface area (Å²) in [5.74, 6) is 0.507. The largest absolute Gasteiger partial charge is 0.383 e. The van der Waals surface area contributed by atoms with Gasteiger partial charge in [-0.1, -0.05) is 0 Å². The van der Waals surface area contributed by atoms with E-state index in [0.29, 0.717) is 32.2 Å². The van der Waals surface area contributed by atoms with Crippen LogP contribution in [0.2, 0.25) is 0 Å². The second-order valence-electron chi connectivity index (χ2n) is 4.77. The molecule has 1 aromatic heterocycles.